The van der Waals surface area contributed by atoms with E-state index in [1.54, 1.807) is 54.6 Å². The van der Waals surface area contributed by atoms with Crippen LogP contribution in [0.4, 0.5) is 17.1 Å². The van der Waals surface area contributed by atoms with Crippen molar-refractivity contribution < 1.29 is 21.6 Å². The van der Waals surface area contributed by atoms with Crippen molar-refractivity contribution in [2.45, 2.75) is 9.79 Å². The molecule has 0 radical (unpaired) electrons. The number of carbonyl (C=O) groups excluding carboxylic acids is 1. The van der Waals surface area contributed by atoms with Gasteiger partial charge in [-0.05, 0) is 60.7 Å². The van der Waals surface area contributed by atoms with Crippen molar-refractivity contribution in [1.29, 1.82) is 0 Å². The van der Waals surface area contributed by atoms with E-state index in [0.717, 1.165) is 15.0 Å². The third-order valence-corrected chi connectivity index (χ3v) is 9.23. The van der Waals surface area contributed by atoms with Gasteiger partial charge in [-0.2, -0.15) is 0 Å². The van der Waals surface area contributed by atoms with Crippen molar-refractivity contribution in [3.63, 3.8) is 0 Å². The number of rotatable bonds is 6. The summed E-state index contributed by atoms with van der Waals surface area (Å²) in [7, 11) is -8.53. The van der Waals surface area contributed by atoms with Crippen LogP contribution in [0.3, 0.4) is 0 Å². The summed E-state index contributed by atoms with van der Waals surface area (Å²) < 4.78 is 60.2. The van der Waals surface area contributed by atoms with E-state index >= 15 is 0 Å². The van der Waals surface area contributed by atoms with Crippen molar-refractivity contribution in [3.05, 3.63) is 87.3 Å². The summed E-state index contributed by atoms with van der Waals surface area (Å²) in [6.07, 6.45) is 0. The van der Waals surface area contributed by atoms with Gasteiger partial charge >= 0.3 is 0 Å². The summed E-state index contributed by atoms with van der Waals surface area (Å²) >= 11 is 6.60. The second kappa shape index (κ2) is 8.63. The lowest BCUT2D eigenvalue weighted by molar-refractivity contribution is 0.103. The van der Waals surface area contributed by atoms with Crippen molar-refractivity contribution in [3.8, 4) is 0 Å². The molecule has 4 aromatic rings. The number of carbonyl (C=O) groups is 1. The summed E-state index contributed by atoms with van der Waals surface area (Å²) in [4.78, 5) is 12.0. The minimum absolute atomic E-state index is 0.0350. The van der Waals surface area contributed by atoms with Crippen LogP contribution in [0.1, 0.15) is 10.4 Å². The van der Waals surface area contributed by atoms with E-state index in [9.17, 15) is 21.6 Å². The van der Waals surface area contributed by atoms with Crippen LogP contribution in [0.5, 0.6) is 0 Å². The number of benzene rings is 4. The third kappa shape index (κ3) is 4.42. The average molecular weight is 637 g/mol. The number of halogens is 2. The molecule has 1 aliphatic heterocycles. The highest BCUT2D eigenvalue weighted by molar-refractivity contribution is 9.10. The topological polar surface area (TPSA) is 121 Å². The molecule has 8 nitrogen and oxygen atoms in total. The van der Waals surface area contributed by atoms with E-state index in [1.807, 2.05) is 0 Å². The second-order valence-electron chi connectivity index (χ2n) is 7.65. The molecule has 0 saturated carbocycles. The molecule has 0 bridgehead atoms. The number of hydrogen-bond acceptors (Lipinski definition) is 5. The van der Waals surface area contributed by atoms with E-state index in [4.69, 9.17) is 0 Å². The fraction of sp³-hybridized carbons (Fsp3) is 0. The molecule has 3 N–H and O–H groups in total. The molecule has 0 unspecified atom stereocenters. The Kier molecular flexibility index (Phi) is 5.86. The minimum Gasteiger partial charge on any atom is -0.320 e. The molecule has 0 atom stereocenters. The van der Waals surface area contributed by atoms with Crippen molar-refractivity contribution in [2.75, 3.05) is 14.8 Å². The zero-order valence-electron chi connectivity index (χ0n) is 17.5. The average Bonchev–Trinajstić information content (AvgIpc) is 3.14. The van der Waals surface area contributed by atoms with Gasteiger partial charge in [-0.15, -0.1) is 0 Å². The molecule has 1 amide bonds. The van der Waals surface area contributed by atoms with E-state index in [-0.39, 0.29) is 37.5 Å². The lowest BCUT2D eigenvalue weighted by Crippen LogP contribution is -2.18. The number of sulfonamides is 2. The predicted octanol–water partition coefficient (Wildman–Crippen LogP) is 5.53. The summed E-state index contributed by atoms with van der Waals surface area (Å²) in [6, 6.07) is 18.6. The van der Waals surface area contributed by atoms with Crippen LogP contribution in [0, 0.1) is 0 Å². The first-order valence-corrected chi connectivity index (χ1v) is 14.6. The van der Waals surface area contributed by atoms with Gasteiger partial charge in [0.1, 0.15) is 4.90 Å². The van der Waals surface area contributed by atoms with Gasteiger partial charge in [-0.3, -0.25) is 14.2 Å². The van der Waals surface area contributed by atoms with Gasteiger partial charge < -0.3 is 5.32 Å². The van der Waals surface area contributed by atoms with Crippen LogP contribution in [0.25, 0.3) is 10.8 Å². The molecule has 0 aliphatic carbocycles. The molecule has 5 rings (SSSR count). The van der Waals surface area contributed by atoms with E-state index < -0.39 is 26.0 Å². The highest BCUT2D eigenvalue weighted by atomic mass is 79.9. The summed E-state index contributed by atoms with van der Waals surface area (Å²) in [5, 5.41) is 3.04. The SMILES string of the molecule is O=C1Nc2c(S(=O)(=O)Nc3ccc(Br)cc3)cc(S(=O)(=O)Nc3ccc(Br)cc3)c3cccc1c23. The Hall–Kier alpha value is -2.93. The van der Waals surface area contributed by atoms with Gasteiger partial charge in [0.05, 0.1) is 10.6 Å². The molecular formula is C23H15Br2N3O5S2. The maximum absolute atomic E-state index is 13.5. The van der Waals surface area contributed by atoms with E-state index in [1.165, 1.54) is 12.1 Å². The lowest BCUT2D eigenvalue weighted by Gasteiger charge is -2.16. The van der Waals surface area contributed by atoms with Crippen LogP contribution >= 0.6 is 31.9 Å². The molecule has 178 valence electrons. The van der Waals surface area contributed by atoms with Gasteiger partial charge in [-0.1, -0.05) is 44.0 Å². The van der Waals surface area contributed by atoms with Crippen LogP contribution in [0.15, 0.2) is 91.5 Å². The fourth-order valence-electron chi connectivity index (χ4n) is 3.80. The summed E-state index contributed by atoms with van der Waals surface area (Å²) in [5.74, 6) is -0.513. The Morgan fingerprint density at radius 3 is 1.74 bits per heavy atom. The Labute approximate surface area is 218 Å². The van der Waals surface area contributed by atoms with Gasteiger partial charge in [0.25, 0.3) is 26.0 Å². The zero-order valence-corrected chi connectivity index (χ0v) is 22.3. The van der Waals surface area contributed by atoms with Crippen molar-refractivity contribution in [1.82, 2.24) is 0 Å². The second-order valence-corrected chi connectivity index (χ2v) is 12.8. The quantitative estimate of drug-likeness (QED) is 0.257. The third-order valence-electron chi connectivity index (χ3n) is 5.34. The lowest BCUT2D eigenvalue weighted by atomic mass is 10.1. The maximum atomic E-state index is 13.5. The van der Waals surface area contributed by atoms with Gasteiger partial charge in [0.15, 0.2) is 0 Å². The molecule has 1 aliphatic rings. The number of amides is 1. The molecule has 0 fully saturated rings. The maximum Gasteiger partial charge on any atom is 0.264 e. The Balaban J connectivity index is 1.71. The van der Waals surface area contributed by atoms with Crippen LogP contribution in [-0.4, -0.2) is 22.7 Å². The van der Waals surface area contributed by atoms with Gasteiger partial charge in [-0.25, -0.2) is 16.8 Å². The summed E-state index contributed by atoms with van der Waals surface area (Å²) in [5.41, 5.74) is 0.796. The molecule has 0 saturated heterocycles. The number of nitrogens with one attached hydrogen (secondary N) is 3. The zero-order chi connectivity index (χ0) is 25.0. The van der Waals surface area contributed by atoms with Crippen LogP contribution in [-0.2, 0) is 20.0 Å². The Morgan fingerprint density at radius 2 is 1.20 bits per heavy atom. The predicted molar refractivity (Wildman–Crippen MR) is 142 cm³/mol. The van der Waals surface area contributed by atoms with Crippen molar-refractivity contribution >= 4 is 85.6 Å². The highest BCUT2D eigenvalue weighted by Gasteiger charge is 2.33. The Morgan fingerprint density at radius 1 is 0.686 bits per heavy atom. The molecule has 12 heteroatoms. The number of anilines is 3. The van der Waals surface area contributed by atoms with Crippen molar-refractivity contribution in [2.24, 2.45) is 0 Å². The molecule has 1 heterocycles. The van der Waals surface area contributed by atoms with Gasteiger partial charge in [0, 0.05) is 36.7 Å². The monoisotopic (exact) mass is 635 g/mol. The smallest absolute Gasteiger partial charge is 0.264 e. The molecular weight excluding hydrogens is 622 g/mol. The summed E-state index contributed by atoms with van der Waals surface area (Å²) in [6.45, 7) is 0. The highest BCUT2D eigenvalue weighted by Crippen LogP contribution is 2.42. The number of hydrogen-bond donors (Lipinski definition) is 3. The molecule has 0 aromatic heterocycles. The first kappa shape index (κ1) is 23.8. The normalized spacial score (nSPS) is 13.0. The minimum atomic E-state index is -4.29. The van der Waals surface area contributed by atoms with Crippen LogP contribution in [0.2, 0.25) is 0 Å². The molecule has 0 spiro atoms. The fourth-order valence-corrected chi connectivity index (χ4v) is 6.95. The first-order valence-electron chi connectivity index (χ1n) is 10.0. The Bertz CT molecular complexity index is 1720. The standard InChI is InChI=1S/C23H15Br2N3O5S2/c24-13-4-8-15(9-5-13)27-34(30,31)19-12-20(35(32,33)28-16-10-6-14(25)7-11-16)22-21-17(19)2-1-3-18(21)23(29)26-22/h1-12,27-28H,(H,26,29). The largest absolute Gasteiger partial charge is 0.320 e. The molecule has 4 aromatic carbocycles. The van der Waals surface area contributed by atoms with Crippen LogP contribution < -0.4 is 14.8 Å². The van der Waals surface area contributed by atoms with Gasteiger partial charge in [0.2, 0.25) is 0 Å². The van der Waals surface area contributed by atoms with E-state index in [2.05, 4.69) is 46.6 Å². The molecule has 35 heavy (non-hydrogen) atoms. The van der Waals surface area contributed by atoms with E-state index in [0.29, 0.717) is 5.69 Å². The first-order chi connectivity index (χ1) is 16.5.